The number of pyridine rings is 2. The molecule has 0 aromatic carbocycles. The van der Waals surface area contributed by atoms with Gasteiger partial charge in [0.15, 0.2) is 5.65 Å². The molecule has 1 N–H and O–H groups in total. The molecule has 1 aliphatic rings. The zero-order valence-electron chi connectivity index (χ0n) is 13.2. The Labute approximate surface area is 142 Å². The number of allylic oxidation sites excluding steroid dienone is 4. The molecule has 25 heavy (non-hydrogen) atoms. The Kier molecular flexibility index (Phi) is 3.81. The molecule has 0 radical (unpaired) electrons. The quantitative estimate of drug-likeness (QED) is 0.795. The van der Waals surface area contributed by atoms with E-state index in [1.165, 1.54) is 10.6 Å². The van der Waals surface area contributed by atoms with Crippen LogP contribution in [0.5, 0.6) is 0 Å². The van der Waals surface area contributed by atoms with Crippen molar-refractivity contribution in [2.24, 2.45) is 0 Å². The lowest BCUT2D eigenvalue weighted by molar-refractivity contribution is 0.623. The maximum absolute atomic E-state index is 13.5. The van der Waals surface area contributed by atoms with E-state index in [-0.39, 0.29) is 16.6 Å². The normalized spacial score (nSPS) is 13.7. The van der Waals surface area contributed by atoms with E-state index in [0.29, 0.717) is 18.1 Å². The number of nitrogens with zero attached hydrogens (tertiary/aromatic N) is 4. The monoisotopic (exact) mass is 335 g/mol. The third-order valence-electron chi connectivity index (χ3n) is 3.89. The molecule has 0 amide bonds. The van der Waals surface area contributed by atoms with Gasteiger partial charge in [0.1, 0.15) is 5.82 Å². The van der Waals surface area contributed by atoms with Gasteiger partial charge in [0, 0.05) is 11.9 Å². The van der Waals surface area contributed by atoms with Crippen molar-refractivity contribution in [2.75, 3.05) is 5.32 Å². The molecule has 0 fully saturated rings. The number of nitrogens with one attached hydrogen (secondary N) is 1. The first-order valence-corrected chi connectivity index (χ1v) is 7.84. The number of hydrogen-bond donors (Lipinski definition) is 1. The first kappa shape index (κ1) is 15.2. The highest BCUT2D eigenvalue weighted by Gasteiger charge is 2.16. The minimum absolute atomic E-state index is 0.146. The maximum Gasteiger partial charge on any atom is 0.268 e. The smallest absolute Gasteiger partial charge is 0.268 e. The number of anilines is 2. The summed E-state index contributed by atoms with van der Waals surface area (Å²) in [5, 5.41) is 3.25. The van der Waals surface area contributed by atoms with Crippen molar-refractivity contribution in [3.63, 3.8) is 0 Å². The molecule has 0 bridgehead atoms. The van der Waals surface area contributed by atoms with E-state index in [1.807, 2.05) is 24.3 Å². The predicted octanol–water partition coefficient (Wildman–Crippen LogP) is 3.26. The van der Waals surface area contributed by atoms with Crippen LogP contribution in [0.15, 0.2) is 59.8 Å². The number of fused-ring (bicyclic) bond motifs is 1. The number of hydrogen-bond acceptors (Lipinski definition) is 5. The van der Waals surface area contributed by atoms with E-state index in [2.05, 4.69) is 20.3 Å². The van der Waals surface area contributed by atoms with Crippen molar-refractivity contribution in [1.29, 1.82) is 0 Å². The fourth-order valence-electron chi connectivity index (χ4n) is 2.74. The van der Waals surface area contributed by atoms with E-state index < -0.39 is 5.82 Å². The zero-order chi connectivity index (χ0) is 17.2. The summed E-state index contributed by atoms with van der Waals surface area (Å²) in [6.45, 7) is 0. The standard InChI is InChI=1S/C18H14FN5O/c19-12-9-15-16(21-10-12)23-18(22-13-5-4-8-20-11-13)24(17(15)25)14-6-2-1-3-7-14/h1-2,4-6,8-11H,3,7H2,(H,21,22,23). The second-order valence-corrected chi connectivity index (χ2v) is 5.59. The third-order valence-corrected chi connectivity index (χ3v) is 3.89. The Morgan fingerprint density at radius 3 is 2.96 bits per heavy atom. The summed E-state index contributed by atoms with van der Waals surface area (Å²) in [7, 11) is 0. The van der Waals surface area contributed by atoms with E-state index in [9.17, 15) is 9.18 Å². The van der Waals surface area contributed by atoms with Gasteiger partial charge in [-0.25, -0.2) is 13.9 Å². The third kappa shape index (κ3) is 2.91. The van der Waals surface area contributed by atoms with Gasteiger partial charge in [0.25, 0.3) is 5.56 Å². The highest BCUT2D eigenvalue weighted by Crippen LogP contribution is 2.23. The van der Waals surface area contributed by atoms with Crippen LogP contribution in [0.3, 0.4) is 0 Å². The molecule has 3 heterocycles. The average molecular weight is 335 g/mol. The van der Waals surface area contributed by atoms with Gasteiger partial charge in [-0.05, 0) is 37.1 Å². The summed E-state index contributed by atoms with van der Waals surface area (Å²) >= 11 is 0. The molecule has 1 aliphatic carbocycles. The van der Waals surface area contributed by atoms with Gasteiger partial charge in [-0.1, -0.05) is 12.2 Å². The molecule has 0 saturated heterocycles. The van der Waals surface area contributed by atoms with Gasteiger partial charge in [-0.3, -0.25) is 9.78 Å². The predicted molar refractivity (Wildman–Crippen MR) is 93.9 cm³/mol. The van der Waals surface area contributed by atoms with Gasteiger partial charge < -0.3 is 5.32 Å². The van der Waals surface area contributed by atoms with Crippen LogP contribution in [-0.4, -0.2) is 19.5 Å². The molecular weight excluding hydrogens is 321 g/mol. The van der Waals surface area contributed by atoms with E-state index >= 15 is 0 Å². The van der Waals surface area contributed by atoms with Crippen LogP contribution in [0.25, 0.3) is 16.7 Å². The van der Waals surface area contributed by atoms with Gasteiger partial charge in [0.2, 0.25) is 5.95 Å². The summed E-state index contributed by atoms with van der Waals surface area (Å²) in [6.07, 6.45) is 11.6. The van der Waals surface area contributed by atoms with E-state index in [4.69, 9.17) is 0 Å². The molecule has 6 nitrogen and oxygen atoms in total. The van der Waals surface area contributed by atoms with Crippen molar-refractivity contribution in [3.8, 4) is 0 Å². The van der Waals surface area contributed by atoms with E-state index in [1.54, 1.807) is 18.5 Å². The molecular formula is C18H14FN5O. The fourth-order valence-corrected chi connectivity index (χ4v) is 2.74. The zero-order valence-corrected chi connectivity index (χ0v) is 13.2. The lowest BCUT2D eigenvalue weighted by atomic mass is 10.1. The summed E-state index contributed by atoms with van der Waals surface area (Å²) in [6, 6.07) is 4.77. The lowest BCUT2D eigenvalue weighted by Crippen LogP contribution is -2.24. The Bertz CT molecular complexity index is 1060. The largest absolute Gasteiger partial charge is 0.324 e. The first-order valence-electron chi connectivity index (χ1n) is 7.84. The summed E-state index contributed by atoms with van der Waals surface area (Å²) < 4.78 is 15.0. The van der Waals surface area contributed by atoms with Crippen LogP contribution in [-0.2, 0) is 0 Å². The van der Waals surface area contributed by atoms with Gasteiger partial charge in [0.05, 0.1) is 23.5 Å². The van der Waals surface area contributed by atoms with Crippen molar-refractivity contribution >= 4 is 28.4 Å². The van der Waals surface area contributed by atoms with Gasteiger partial charge in [-0.15, -0.1) is 0 Å². The van der Waals surface area contributed by atoms with Crippen LogP contribution >= 0.6 is 0 Å². The maximum atomic E-state index is 13.5. The van der Waals surface area contributed by atoms with Crippen LogP contribution in [0.1, 0.15) is 12.8 Å². The lowest BCUT2D eigenvalue weighted by Gasteiger charge is -2.17. The van der Waals surface area contributed by atoms with Crippen molar-refractivity contribution in [1.82, 2.24) is 19.5 Å². The molecule has 124 valence electrons. The summed E-state index contributed by atoms with van der Waals surface area (Å²) in [5.41, 5.74) is 1.32. The topological polar surface area (TPSA) is 72.7 Å². The van der Waals surface area contributed by atoms with Crippen molar-refractivity contribution in [2.45, 2.75) is 12.8 Å². The molecule has 3 aromatic heterocycles. The van der Waals surface area contributed by atoms with Gasteiger partial charge in [-0.2, -0.15) is 4.98 Å². The molecule has 7 heteroatoms. The molecule has 0 atom stereocenters. The highest BCUT2D eigenvalue weighted by atomic mass is 19.1. The second kappa shape index (κ2) is 6.27. The fraction of sp³-hybridized carbons (Fsp3) is 0.111. The van der Waals surface area contributed by atoms with Crippen molar-refractivity contribution < 1.29 is 4.39 Å². The molecule has 0 saturated carbocycles. The molecule has 0 unspecified atom stereocenters. The van der Waals surface area contributed by atoms with Crippen LogP contribution in [0.4, 0.5) is 16.0 Å². The summed E-state index contributed by atoms with van der Waals surface area (Å²) in [4.78, 5) is 25.4. The van der Waals surface area contributed by atoms with Crippen LogP contribution < -0.4 is 10.9 Å². The van der Waals surface area contributed by atoms with Crippen LogP contribution in [0, 0.1) is 5.82 Å². The summed E-state index contributed by atoms with van der Waals surface area (Å²) in [5.74, 6) is -0.241. The Morgan fingerprint density at radius 2 is 2.20 bits per heavy atom. The highest BCUT2D eigenvalue weighted by molar-refractivity contribution is 5.77. The number of rotatable bonds is 3. The Morgan fingerprint density at radius 1 is 1.28 bits per heavy atom. The average Bonchev–Trinajstić information content (AvgIpc) is 2.64. The number of halogens is 1. The molecule has 0 aliphatic heterocycles. The second-order valence-electron chi connectivity index (χ2n) is 5.59. The van der Waals surface area contributed by atoms with Crippen LogP contribution in [0.2, 0.25) is 0 Å². The molecule has 0 spiro atoms. The van der Waals surface area contributed by atoms with E-state index in [0.717, 1.165) is 18.3 Å². The minimum atomic E-state index is -0.566. The first-order chi connectivity index (χ1) is 12.2. The van der Waals surface area contributed by atoms with Crippen molar-refractivity contribution in [3.05, 3.63) is 71.2 Å². The number of aromatic nitrogens is 4. The van der Waals surface area contributed by atoms with Gasteiger partial charge >= 0.3 is 0 Å². The molecule has 4 rings (SSSR count). The Balaban J connectivity index is 1.96. The minimum Gasteiger partial charge on any atom is -0.324 e. The Hall–Kier alpha value is -3.35. The molecule has 3 aromatic rings. The SMILES string of the molecule is O=c1c2cc(F)cnc2nc(Nc2cccnc2)n1C1=CC=CCC1.